The van der Waals surface area contributed by atoms with Crippen LogP contribution in [0.2, 0.25) is 0 Å². The first-order valence-electron chi connectivity index (χ1n) is 5.57. The van der Waals surface area contributed by atoms with Crippen LogP contribution in [0.5, 0.6) is 0 Å². The Morgan fingerprint density at radius 1 is 1.29 bits per heavy atom. The van der Waals surface area contributed by atoms with Crippen LogP contribution in [0, 0.1) is 6.92 Å². The van der Waals surface area contributed by atoms with Crippen LogP contribution in [0.4, 0.5) is 5.69 Å². The number of aromatic nitrogens is 1. The molecule has 4 heteroatoms. The van der Waals surface area contributed by atoms with Crippen molar-refractivity contribution in [2.75, 3.05) is 12.8 Å². The van der Waals surface area contributed by atoms with E-state index in [1.807, 2.05) is 25.1 Å². The first-order chi connectivity index (χ1) is 8.15. The third-order valence-corrected chi connectivity index (χ3v) is 2.69. The lowest BCUT2D eigenvalue weighted by Crippen LogP contribution is -2.18. The molecule has 0 bridgehead atoms. The Kier molecular flexibility index (Phi) is 3.44. The predicted molar refractivity (Wildman–Crippen MR) is 67.3 cm³/mol. The highest BCUT2D eigenvalue weighted by molar-refractivity contribution is 5.34. The van der Waals surface area contributed by atoms with Crippen LogP contribution in [0.15, 0.2) is 35.1 Å². The predicted octanol–water partition coefficient (Wildman–Crippen LogP) is 2.20. The number of hydrogen-bond acceptors (Lipinski definition) is 4. The van der Waals surface area contributed by atoms with Gasteiger partial charge >= 0.3 is 0 Å². The molecule has 2 aromatic rings. The smallest absolute Gasteiger partial charge is 0.105 e. The summed E-state index contributed by atoms with van der Waals surface area (Å²) in [7, 11) is 2.06. The molecule has 2 N–H and O–H groups in total. The first kappa shape index (κ1) is 11.7. The number of aryl methyl sites for hydroxylation is 1. The maximum absolute atomic E-state index is 5.60. The van der Waals surface area contributed by atoms with Gasteiger partial charge in [0.25, 0.3) is 0 Å². The number of hydrogen-bond donors (Lipinski definition) is 1. The summed E-state index contributed by atoms with van der Waals surface area (Å²) < 4.78 is 5.27. The minimum Gasteiger partial charge on any atom is -0.469 e. The lowest BCUT2D eigenvalue weighted by Gasteiger charge is -2.15. The Balaban J connectivity index is 1.95. The molecule has 0 atom stereocenters. The van der Waals surface area contributed by atoms with E-state index in [4.69, 9.17) is 10.2 Å². The van der Waals surface area contributed by atoms with Gasteiger partial charge in [-0.15, -0.1) is 0 Å². The molecule has 0 aliphatic heterocycles. The Hall–Kier alpha value is -1.81. The fourth-order valence-corrected chi connectivity index (χ4v) is 1.73. The molecule has 0 saturated heterocycles. The van der Waals surface area contributed by atoms with E-state index in [9.17, 15) is 0 Å². The Morgan fingerprint density at radius 3 is 2.71 bits per heavy atom. The largest absolute Gasteiger partial charge is 0.469 e. The number of nitrogens with zero attached hydrogens (tertiary/aromatic N) is 2. The van der Waals surface area contributed by atoms with Crippen LogP contribution in [0.1, 0.15) is 17.0 Å². The number of pyridine rings is 1. The van der Waals surface area contributed by atoms with Gasteiger partial charge in [-0.25, -0.2) is 0 Å². The number of nitrogens with two attached hydrogens (primary N) is 1. The quantitative estimate of drug-likeness (QED) is 0.876. The number of anilines is 1. The third kappa shape index (κ3) is 3.07. The van der Waals surface area contributed by atoms with Crippen molar-refractivity contribution in [3.8, 4) is 0 Å². The second-order valence-corrected chi connectivity index (χ2v) is 4.26. The Morgan fingerprint density at radius 2 is 2.12 bits per heavy atom. The molecule has 0 spiro atoms. The van der Waals surface area contributed by atoms with Crippen molar-refractivity contribution >= 4 is 5.69 Å². The SMILES string of the molecule is Cc1occc1CN(C)Cc1ccc(N)cn1. The molecule has 0 saturated carbocycles. The van der Waals surface area contributed by atoms with Crippen LogP contribution in [0.25, 0.3) is 0 Å². The van der Waals surface area contributed by atoms with Crippen LogP contribution in [0.3, 0.4) is 0 Å². The first-order valence-corrected chi connectivity index (χ1v) is 5.57. The fraction of sp³-hybridized carbons (Fsp3) is 0.308. The zero-order chi connectivity index (χ0) is 12.3. The van der Waals surface area contributed by atoms with E-state index in [-0.39, 0.29) is 0 Å². The number of furan rings is 1. The maximum atomic E-state index is 5.60. The Labute approximate surface area is 101 Å². The van der Waals surface area contributed by atoms with Crippen molar-refractivity contribution in [3.05, 3.63) is 47.7 Å². The van der Waals surface area contributed by atoms with E-state index >= 15 is 0 Å². The highest BCUT2D eigenvalue weighted by atomic mass is 16.3. The minimum atomic E-state index is 0.696. The molecule has 0 aliphatic rings. The van der Waals surface area contributed by atoms with Gasteiger partial charge in [0.2, 0.25) is 0 Å². The van der Waals surface area contributed by atoms with Crippen molar-refractivity contribution in [3.63, 3.8) is 0 Å². The molecule has 4 nitrogen and oxygen atoms in total. The summed E-state index contributed by atoms with van der Waals surface area (Å²) in [5.74, 6) is 0.974. The topological polar surface area (TPSA) is 55.3 Å². The average Bonchev–Trinajstić information content (AvgIpc) is 2.68. The van der Waals surface area contributed by atoms with E-state index in [0.717, 1.165) is 24.5 Å². The van der Waals surface area contributed by atoms with E-state index in [1.54, 1.807) is 12.5 Å². The number of nitrogen functional groups attached to an aromatic ring is 1. The van der Waals surface area contributed by atoms with Crippen molar-refractivity contribution in [1.82, 2.24) is 9.88 Å². The zero-order valence-corrected chi connectivity index (χ0v) is 10.2. The third-order valence-electron chi connectivity index (χ3n) is 2.69. The van der Waals surface area contributed by atoms with E-state index in [1.165, 1.54) is 5.56 Å². The van der Waals surface area contributed by atoms with Gasteiger partial charge < -0.3 is 10.2 Å². The summed E-state index contributed by atoms with van der Waals surface area (Å²) >= 11 is 0. The highest BCUT2D eigenvalue weighted by Crippen LogP contribution is 2.12. The van der Waals surface area contributed by atoms with Gasteiger partial charge in [0.1, 0.15) is 5.76 Å². The maximum Gasteiger partial charge on any atom is 0.105 e. The van der Waals surface area contributed by atoms with Gasteiger partial charge in [0.05, 0.1) is 23.8 Å². The van der Waals surface area contributed by atoms with Crippen molar-refractivity contribution in [2.24, 2.45) is 0 Å². The summed E-state index contributed by atoms with van der Waals surface area (Å²) in [4.78, 5) is 6.47. The van der Waals surface area contributed by atoms with Gasteiger partial charge in [-0.2, -0.15) is 0 Å². The van der Waals surface area contributed by atoms with E-state index in [2.05, 4.69) is 16.9 Å². The van der Waals surface area contributed by atoms with Crippen molar-refractivity contribution in [1.29, 1.82) is 0 Å². The summed E-state index contributed by atoms with van der Waals surface area (Å²) in [6, 6.07) is 5.83. The van der Waals surface area contributed by atoms with E-state index in [0.29, 0.717) is 5.69 Å². The molecule has 0 aliphatic carbocycles. The lowest BCUT2D eigenvalue weighted by atomic mass is 10.2. The van der Waals surface area contributed by atoms with Crippen LogP contribution in [-0.2, 0) is 13.1 Å². The molecule has 2 aromatic heterocycles. The molecule has 0 amide bonds. The van der Waals surface area contributed by atoms with Gasteiger partial charge in [-0.05, 0) is 32.2 Å². The molecule has 2 rings (SSSR count). The summed E-state index contributed by atoms with van der Waals surface area (Å²) in [5, 5.41) is 0. The van der Waals surface area contributed by atoms with E-state index < -0.39 is 0 Å². The van der Waals surface area contributed by atoms with Gasteiger partial charge in [-0.1, -0.05) is 0 Å². The summed E-state index contributed by atoms with van der Waals surface area (Å²) in [6.07, 6.45) is 3.41. The molecule has 0 unspecified atom stereocenters. The summed E-state index contributed by atoms with van der Waals surface area (Å²) in [6.45, 7) is 3.63. The van der Waals surface area contributed by atoms with Crippen LogP contribution in [-0.4, -0.2) is 16.9 Å². The van der Waals surface area contributed by atoms with Crippen LogP contribution >= 0.6 is 0 Å². The molecule has 0 fully saturated rings. The normalized spacial score (nSPS) is 11.0. The second kappa shape index (κ2) is 5.01. The monoisotopic (exact) mass is 231 g/mol. The number of rotatable bonds is 4. The van der Waals surface area contributed by atoms with Gasteiger partial charge in [0.15, 0.2) is 0 Å². The molecule has 17 heavy (non-hydrogen) atoms. The Bertz CT molecular complexity index is 476. The zero-order valence-electron chi connectivity index (χ0n) is 10.2. The van der Waals surface area contributed by atoms with Crippen molar-refractivity contribution in [2.45, 2.75) is 20.0 Å². The molecule has 90 valence electrons. The molecular weight excluding hydrogens is 214 g/mol. The molecule has 0 radical (unpaired) electrons. The minimum absolute atomic E-state index is 0.696. The molecule has 2 heterocycles. The fourth-order valence-electron chi connectivity index (χ4n) is 1.73. The standard InChI is InChI=1S/C13H17N3O/c1-10-11(5-6-17-10)8-16(2)9-13-4-3-12(14)7-15-13/h3-7H,8-9,14H2,1-2H3. The molecule has 0 aromatic carbocycles. The highest BCUT2D eigenvalue weighted by Gasteiger charge is 2.06. The van der Waals surface area contributed by atoms with Crippen molar-refractivity contribution < 1.29 is 4.42 Å². The van der Waals surface area contributed by atoms with Gasteiger partial charge in [-0.3, -0.25) is 9.88 Å². The average molecular weight is 231 g/mol. The molecular formula is C13H17N3O. The lowest BCUT2D eigenvalue weighted by molar-refractivity contribution is 0.312. The summed E-state index contributed by atoms with van der Waals surface area (Å²) in [5.41, 5.74) is 8.52. The van der Waals surface area contributed by atoms with Gasteiger partial charge in [0, 0.05) is 18.7 Å². The second-order valence-electron chi connectivity index (χ2n) is 4.26. The van der Waals surface area contributed by atoms with Crippen LogP contribution < -0.4 is 5.73 Å².